The molecule has 1 aromatic carbocycles. The van der Waals surface area contributed by atoms with E-state index in [2.05, 4.69) is 23.7 Å². The maximum Gasteiger partial charge on any atom is 0.260 e. The van der Waals surface area contributed by atoms with Gasteiger partial charge in [0.05, 0.1) is 0 Å². The van der Waals surface area contributed by atoms with Crippen LogP contribution in [-0.4, -0.2) is 46.4 Å². The number of halogens is 1. The van der Waals surface area contributed by atoms with Crippen LogP contribution in [0.2, 0.25) is 0 Å². The molecule has 1 aliphatic rings. The van der Waals surface area contributed by atoms with Gasteiger partial charge in [0.15, 0.2) is 0 Å². The summed E-state index contributed by atoms with van der Waals surface area (Å²) in [6.45, 7) is 7.06. The second-order valence-corrected chi connectivity index (χ2v) is 7.43. The largest absolute Gasteiger partial charge is 0.337 e. The number of aromatic amines is 1. The lowest BCUT2D eigenvalue weighted by Crippen LogP contribution is -2.46. The first-order valence-corrected chi connectivity index (χ1v) is 9.41. The van der Waals surface area contributed by atoms with E-state index in [0.29, 0.717) is 19.0 Å². The summed E-state index contributed by atoms with van der Waals surface area (Å²) < 4.78 is 13.2. The number of hydrogen-bond donors (Lipinski definition) is 1. The Morgan fingerprint density at radius 1 is 1.22 bits per heavy atom. The summed E-state index contributed by atoms with van der Waals surface area (Å²) in [7, 11) is 0. The molecule has 0 radical (unpaired) electrons. The molecule has 0 saturated carbocycles. The van der Waals surface area contributed by atoms with Crippen molar-refractivity contribution < 1.29 is 9.18 Å². The van der Waals surface area contributed by atoms with E-state index in [9.17, 15) is 14.0 Å². The molecule has 6 heteroatoms. The Kier molecular flexibility index (Phi) is 6.06. The molecule has 3 rings (SSSR count). The van der Waals surface area contributed by atoms with Crippen LogP contribution in [0.5, 0.6) is 0 Å². The van der Waals surface area contributed by atoms with Crippen molar-refractivity contribution >= 4 is 5.91 Å². The highest BCUT2D eigenvalue weighted by Gasteiger charge is 2.30. The van der Waals surface area contributed by atoms with Crippen molar-refractivity contribution in [3.63, 3.8) is 0 Å². The Morgan fingerprint density at radius 3 is 2.63 bits per heavy atom. The van der Waals surface area contributed by atoms with Crippen molar-refractivity contribution in [1.82, 2.24) is 14.8 Å². The summed E-state index contributed by atoms with van der Waals surface area (Å²) in [6.07, 6.45) is 2.36. The topological polar surface area (TPSA) is 56.4 Å². The van der Waals surface area contributed by atoms with Crippen LogP contribution in [0.3, 0.4) is 0 Å². The second-order valence-electron chi connectivity index (χ2n) is 7.43. The van der Waals surface area contributed by atoms with Gasteiger partial charge in [-0.05, 0) is 42.2 Å². The molecule has 2 aromatic rings. The van der Waals surface area contributed by atoms with E-state index in [1.54, 1.807) is 17.0 Å². The van der Waals surface area contributed by atoms with Crippen LogP contribution in [-0.2, 0) is 6.54 Å². The van der Waals surface area contributed by atoms with Gasteiger partial charge in [0.2, 0.25) is 0 Å². The highest BCUT2D eigenvalue weighted by Crippen LogP contribution is 2.21. The minimum Gasteiger partial charge on any atom is -0.337 e. The third kappa shape index (κ3) is 4.63. The van der Waals surface area contributed by atoms with Crippen LogP contribution in [0.1, 0.15) is 36.2 Å². The molecule has 0 aliphatic carbocycles. The molecular formula is C21H26FN3O2. The van der Waals surface area contributed by atoms with Crippen molar-refractivity contribution in [3.8, 4) is 0 Å². The molecular weight excluding hydrogens is 345 g/mol. The normalized spacial score (nSPS) is 18.5. The number of H-pyrrole nitrogens is 1. The van der Waals surface area contributed by atoms with Crippen LogP contribution in [0.15, 0.2) is 47.4 Å². The molecule has 0 unspecified atom stereocenters. The van der Waals surface area contributed by atoms with Crippen LogP contribution in [0.4, 0.5) is 4.39 Å². The fourth-order valence-electron chi connectivity index (χ4n) is 3.66. The smallest absolute Gasteiger partial charge is 0.260 e. The number of nitrogens with one attached hydrogen (secondary N) is 1. The summed E-state index contributed by atoms with van der Waals surface area (Å²) in [5.74, 6) is -0.112. The van der Waals surface area contributed by atoms with Crippen LogP contribution >= 0.6 is 0 Å². The van der Waals surface area contributed by atoms with Crippen molar-refractivity contribution in [2.45, 2.75) is 32.9 Å². The van der Waals surface area contributed by atoms with E-state index in [-0.39, 0.29) is 28.9 Å². The number of carbonyl (C=O) groups excluding carboxylic acids is 1. The first-order chi connectivity index (χ1) is 13.0. The van der Waals surface area contributed by atoms with Crippen molar-refractivity contribution in [1.29, 1.82) is 0 Å². The van der Waals surface area contributed by atoms with E-state index in [0.717, 1.165) is 25.1 Å². The standard InChI is InChI=1S/C21H26FN3O2/c1-15(2)19-14-25(21(27)18-5-3-10-23-20(18)26)12-4-11-24(19)13-16-6-8-17(22)9-7-16/h3,5-10,15,19H,4,11-14H2,1-2H3,(H,23,26)/t19-/m1/s1. The van der Waals surface area contributed by atoms with Gasteiger partial charge < -0.3 is 9.88 Å². The molecule has 1 aliphatic heterocycles. The van der Waals surface area contributed by atoms with Crippen molar-refractivity contribution in [2.24, 2.45) is 5.92 Å². The minimum atomic E-state index is -0.351. The van der Waals surface area contributed by atoms with Crippen LogP contribution < -0.4 is 5.56 Å². The average molecular weight is 371 g/mol. The SMILES string of the molecule is CC(C)[C@H]1CN(C(=O)c2ccc[nH]c2=O)CCCN1Cc1ccc(F)cc1. The number of rotatable bonds is 4. The van der Waals surface area contributed by atoms with Crippen LogP contribution in [0.25, 0.3) is 0 Å². The maximum atomic E-state index is 13.2. The number of hydrogen-bond acceptors (Lipinski definition) is 3. The monoisotopic (exact) mass is 371 g/mol. The molecule has 0 spiro atoms. The summed E-state index contributed by atoms with van der Waals surface area (Å²) in [5.41, 5.74) is 0.893. The fraction of sp³-hybridized carbons (Fsp3) is 0.429. The molecule has 0 bridgehead atoms. The van der Waals surface area contributed by atoms with Crippen molar-refractivity contribution in [2.75, 3.05) is 19.6 Å². The molecule has 1 aromatic heterocycles. The van der Waals surface area contributed by atoms with Gasteiger partial charge in [0.25, 0.3) is 11.5 Å². The lowest BCUT2D eigenvalue weighted by molar-refractivity contribution is 0.0700. The molecule has 2 heterocycles. The first-order valence-electron chi connectivity index (χ1n) is 9.41. The zero-order valence-electron chi connectivity index (χ0n) is 15.8. The Bertz CT molecular complexity index is 832. The molecule has 1 amide bonds. The minimum absolute atomic E-state index is 0.171. The zero-order valence-corrected chi connectivity index (χ0v) is 15.8. The van der Waals surface area contributed by atoms with Crippen LogP contribution in [0, 0.1) is 11.7 Å². The molecule has 5 nitrogen and oxygen atoms in total. The summed E-state index contributed by atoms with van der Waals surface area (Å²) in [6, 6.07) is 10.0. The molecule has 27 heavy (non-hydrogen) atoms. The highest BCUT2D eigenvalue weighted by atomic mass is 19.1. The van der Waals surface area contributed by atoms with Gasteiger partial charge in [-0.25, -0.2) is 4.39 Å². The van der Waals surface area contributed by atoms with Crippen molar-refractivity contribution in [3.05, 3.63) is 69.9 Å². The molecule has 1 N–H and O–H groups in total. The number of benzene rings is 1. The third-order valence-electron chi connectivity index (χ3n) is 5.15. The van der Waals surface area contributed by atoms with Gasteiger partial charge in [-0.3, -0.25) is 14.5 Å². The van der Waals surface area contributed by atoms with E-state index in [1.807, 2.05) is 12.1 Å². The predicted octanol–water partition coefficient (Wildman–Crippen LogP) is 2.89. The lowest BCUT2D eigenvalue weighted by Gasteiger charge is -2.34. The lowest BCUT2D eigenvalue weighted by atomic mass is 10.0. The van der Waals surface area contributed by atoms with Gasteiger partial charge >= 0.3 is 0 Å². The number of aromatic nitrogens is 1. The number of carbonyl (C=O) groups is 1. The van der Waals surface area contributed by atoms with E-state index in [1.165, 1.54) is 18.3 Å². The number of pyridine rings is 1. The molecule has 1 fully saturated rings. The van der Waals surface area contributed by atoms with Gasteiger partial charge in [-0.15, -0.1) is 0 Å². The highest BCUT2D eigenvalue weighted by molar-refractivity contribution is 5.93. The van der Waals surface area contributed by atoms with E-state index in [4.69, 9.17) is 0 Å². The van der Waals surface area contributed by atoms with Gasteiger partial charge in [0.1, 0.15) is 11.4 Å². The fourth-order valence-corrected chi connectivity index (χ4v) is 3.66. The molecule has 1 saturated heterocycles. The quantitative estimate of drug-likeness (QED) is 0.899. The van der Waals surface area contributed by atoms with Gasteiger partial charge in [-0.1, -0.05) is 26.0 Å². The molecule has 1 atom stereocenters. The Labute approximate surface area is 158 Å². The number of amides is 1. The van der Waals surface area contributed by atoms with Gasteiger partial charge in [0, 0.05) is 38.4 Å². The average Bonchev–Trinajstić information content (AvgIpc) is 2.86. The summed E-state index contributed by atoms with van der Waals surface area (Å²) in [5, 5.41) is 0. The first kappa shape index (κ1) is 19.3. The summed E-state index contributed by atoms with van der Waals surface area (Å²) >= 11 is 0. The number of nitrogens with zero attached hydrogens (tertiary/aromatic N) is 2. The summed E-state index contributed by atoms with van der Waals surface area (Å²) in [4.78, 5) is 31.6. The zero-order chi connectivity index (χ0) is 19.4. The Balaban J connectivity index is 1.78. The Hall–Kier alpha value is -2.47. The maximum absolute atomic E-state index is 13.2. The molecule has 144 valence electrons. The second kappa shape index (κ2) is 8.48. The third-order valence-corrected chi connectivity index (χ3v) is 5.15. The Morgan fingerprint density at radius 2 is 1.96 bits per heavy atom. The predicted molar refractivity (Wildman–Crippen MR) is 103 cm³/mol. The van der Waals surface area contributed by atoms with E-state index < -0.39 is 0 Å². The van der Waals surface area contributed by atoms with E-state index >= 15 is 0 Å². The van der Waals surface area contributed by atoms with Gasteiger partial charge in [-0.2, -0.15) is 0 Å².